The van der Waals surface area contributed by atoms with Crippen LogP contribution in [0.1, 0.15) is 0 Å². The summed E-state index contributed by atoms with van der Waals surface area (Å²) >= 11 is 3.50. The van der Waals surface area contributed by atoms with Crippen LogP contribution in [-0.2, 0) is 0 Å². The largest absolute Gasteiger partial charge is 0.436 e. The van der Waals surface area contributed by atoms with Crippen molar-refractivity contribution in [1.29, 1.82) is 0 Å². The summed E-state index contributed by atoms with van der Waals surface area (Å²) in [7, 11) is 0. The highest BCUT2D eigenvalue weighted by Gasteiger charge is 2.13. The average molecular weight is 377 g/mol. The average Bonchev–Trinajstić information content (AvgIpc) is 2.64. The molecule has 0 saturated carbocycles. The van der Waals surface area contributed by atoms with Crippen LogP contribution < -0.4 is 4.74 Å². The van der Waals surface area contributed by atoms with Crippen LogP contribution in [-0.4, -0.2) is 10.2 Å². The molecule has 0 aliphatic rings. The van der Waals surface area contributed by atoms with Crippen LogP contribution in [0, 0.1) is 0 Å². The van der Waals surface area contributed by atoms with Gasteiger partial charge in [-0.05, 0) is 34.1 Å². The lowest BCUT2D eigenvalue weighted by Gasteiger charge is -2.11. The number of halogens is 1. The molecule has 4 heteroatoms. The van der Waals surface area contributed by atoms with Crippen molar-refractivity contribution in [2.45, 2.75) is 0 Å². The molecule has 0 radical (unpaired) electrons. The first-order chi connectivity index (χ1) is 11.8. The summed E-state index contributed by atoms with van der Waals surface area (Å²) in [4.78, 5) is 0. The van der Waals surface area contributed by atoms with Crippen LogP contribution in [0.3, 0.4) is 0 Å². The zero-order valence-corrected chi connectivity index (χ0v) is 14.3. The van der Waals surface area contributed by atoms with Crippen molar-refractivity contribution < 1.29 is 4.74 Å². The molecular weight excluding hydrogens is 364 g/mol. The van der Waals surface area contributed by atoms with Gasteiger partial charge in [0.1, 0.15) is 11.4 Å². The maximum atomic E-state index is 5.99. The molecular formula is C20H13BrN2O. The van der Waals surface area contributed by atoms with Crippen molar-refractivity contribution in [2.75, 3.05) is 0 Å². The van der Waals surface area contributed by atoms with Crippen molar-refractivity contribution >= 4 is 26.7 Å². The van der Waals surface area contributed by atoms with Gasteiger partial charge in [-0.1, -0.05) is 60.7 Å². The molecule has 0 fully saturated rings. The monoisotopic (exact) mass is 376 g/mol. The predicted molar refractivity (Wildman–Crippen MR) is 99.2 cm³/mol. The zero-order valence-electron chi connectivity index (χ0n) is 12.7. The summed E-state index contributed by atoms with van der Waals surface area (Å²) in [5, 5.41) is 10.7. The van der Waals surface area contributed by atoms with Crippen molar-refractivity contribution in [1.82, 2.24) is 10.2 Å². The number of para-hydroxylation sites is 1. The van der Waals surface area contributed by atoms with Crippen LogP contribution in [0.5, 0.6) is 11.6 Å². The van der Waals surface area contributed by atoms with E-state index in [4.69, 9.17) is 4.74 Å². The molecule has 4 aromatic rings. The van der Waals surface area contributed by atoms with Gasteiger partial charge >= 0.3 is 0 Å². The van der Waals surface area contributed by atoms with Crippen molar-refractivity contribution in [3.05, 3.63) is 83.3 Å². The number of hydrogen-bond donors (Lipinski definition) is 0. The minimum Gasteiger partial charge on any atom is -0.436 e. The maximum absolute atomic E-state index is 5.99. The highest BCUT2D eigenvalue weighted by Crippen LogP contribution is 2.34. The Bertz CT molecular complexity index is 1000. The fourth-order valence-corrected chi connectivity index (χ4v) is 2.96. The summed E-state index contributed by atoms with van der Waals surface area (Å²) in [5.41, 5.74) is 1.89. The summed E-state index contributed by atoms with van der Waals surface area (Å²) in [6, 6.07) is 25.8. The van der Waals surface area contributed by atoms with E-state index in [1.54, 1.807) is 0 Å². The molecule has 0 atom stereocenters. The molecule has 0 amide bonds. The van der Waals surface area contributed by atoms with E-state index >= 15 is 0 Å². The van der Waals surface area contributed by atoms with Gasteiger partial charge in [0.25, 0.3) is 0 Å². The van der Waals surface area contributed by atoms with Gasteiger partial charge in [-0.25, -0.2) is 0 Å². The summed E-state index contributed by atoms with van der Waals surface area (Å²) in [6.45, 7) is 0. The minimum atomic E-state index is 0.497. The Morgan fingerprint density at radius 2 is 1.33 bits per heavy atom. The molecule has 1 aromatic heterocycles. The minimum absolute atomic E-state index is 0.497. The van der Waals surface area contributed by atoms with Gasteiger partial charge in [-0.2, -0.15) is 0 Å². The first kappa shape index (κ1) is 14.8. The Labute approximate surface area is 148 Å². The number of ether oxygens (including phenoxy) is 1. The SMILES string of the molecule is Brc1ccccc1Oc1nnc(-c2ccccc2)c2ccccc12. The van der Waals surface area contributed by atoms with Crippen molar-refractivity contribution in [3.8, 4) is 22.9 Å². The Hall–Kier alpha value is -2.72. The van der Waals surface area contributed by atoms with Gasteiger partial charge in [-0.15, -0.1) is 10.2 Å². The van der Waals surface area contributed by atoms with Gasteiger partial charge < -0.3 is 4.74 Å². The fourth-order valence-electron chi connectivity index (χ4n) is 2.60. The zero-order chi connectivity index (χ0) is 16.4. The number of aromatic nitrogens is 2. The second-order valence-electron chi connectivity index (χ2n) is 5.30. The normalized spacial score (nSPS) is 10.7. The molecule has 1 heterocycles. The van der Waals surface area contributed by atoms with E-state index in [1.807, 2.05) is 78.9 Å². The van der Waals surface area contributed by atoms with Crippen LogP contribution in [0.15, 0.2) is 83.3 Å². The molecule has 0 saturated heterocycles. The number of rotatable bonds is 3. The number of benzene rings is 3. The van der Waals surface area contributed by atoms with Crippen LogP contribution in [0.2, 0.25) is 0 Å². The third kappa shape index (κ3) is 2.76. The van der Waals surface area contributed by atoms with E-state index in [-0.39, 0.29) is 0 Å². The smallest absolute Gasteiger partial charge is 0.246 e. The van der Waals surface area contributed by atoms with E-state index in [1.165, 1.54) is 0 Å². The van der Waals surface area contributed by atoms with Crippen molar-refractivity contribution in [3.63, 3.8) is 0 Å². The number of nitrogens with zero attached hydrogens (tertiary/aromatic N) is 2. The van der Waals surface area contributed by atoms with Crippen molar-refractivity contribution in [2.24, 2.45) is 0 Å². The molecule has 0 bridgehead atoms. The van der Waals surface area contributed by atoms with Gasteiger partial charge in [-0.3, -0.25) is 0 Å². The van der Waals surface area contributed by atoms with E-state index in [0.29, 0.717) is 11.6 Å². The van der Waals surface area contributed by atoms with Gasteiger partial charge in [0.05, 0.1) is 4.47 Å². The molecule has 116 valence electrons. The predicted octanol–water partition coefficient (Wildman–Crippen LogP) is 5.85. The Morgan fingerprint density at radius 3 is 2.12 bits per heavy atom. The summed E-state index contributed by atoms with van der Waals surface area (Å²) in [6.07, 6.45) is 0. The third-order valence-corrected chi connectivity index (χ3v) is 4.40. The molecule has 0 spiro atoms. The molecule has 24 heavy (non-hydrogen) atoms. The first-order valence-corrected chi connectivity index (χ1v) is 8.35. The summed E-state index contributed by atoms with van der Waals surface area (Å²) in [5.74, 6) is 1.21. The topological polar surface area (TPSA) is 35.0 Å². The molecule has 3 nitrogen and oxygen atoms in total. The molecule has 0 aliphatic heterocycles. The van der Waals surface area contributed by atoms with E-state index in [0.717, 1.165) is 26.5 Å². The number of hydrogen-bond acceptors (Lipinski definition) is 3. The lowest BCUT2D eigenvalue weighted by Crippen LogP contribution is -1.96. The number of fused-ring (bicyclic) bond motifs is 1. The van der Waals surface area contributed by atoms with Gasteiger partial charge in [0.15, 0.2) is 0 Å². The van der Waals surface area contributed by atoms with Crippen LogP contribution in [0.4, 0.5) is 0 Å². The van der Waals surface area contributed by atoms with Gasteiger partial charge in [0, 0.05) is 16.3 Å². The van der Waals surface area contributed by atoms with E-state index < -0.39 is 0 Å². The standard InChI is InChI=1S/C20H13BrN2O/c21-17-12-6-7-13-18(17)24-20-16-11-5-4-10-15(16)19(22-23-20)14-8-2-1-3-9-14/h1-13H. The molecule has 0 unspecified atom stereocenters. The van der Waals surface area contributed by atoms with Crippen LogP contribution in [0.25, 0.3) is 22.0 Å². The lowest BCUT2D eigenvalue weighted by atomic mass is 10.1. The molecule has 0 aliphatic carbocycles. The van der Waals surface area contributed by atoms with Crippen LogP contribution >= 0.6 is 15.9 Å². The Morgan fingerprint density at radius 1 is 0.667 bits per heavy atom. The second-order valence-corrected chi connectivity index (χ2v) is 6.15. The third-order valence-electron chi connectivity index (χ3n) is 3.74. The highest BCUT2D eigenvalue weighted by atomic mass is 79.9. The molecule has 0 N–H and O–H groups in total. The van der Waals surface area contributed by atoms with Gasteiger partial charge in [0.2, 0.25) is 5.88 Å². The quantitative estimate of drug-likeness (QED) is 0.449. The Kier molecular flexibility index (Phi) is 3.97. The van der Waals surface area contributed by atoms with E-state index in [9.17, 15) is 0 Å². The molecule has 4 rings (SSSR count). The highest BCUT2D eigenvalue weighted by molar-refractivity contribution is 9.10. The molecule has 3 aromatic carbocycles. The Balaban J connectivity index is 1.86. The maximum Gasteiger partial charge on any atom is 0.246 e. The fraction of sp³-hybridized carbons (Fsp3) is 0. The second kappa shape index (κ2) is 6.42. The summed E-state index contributed by atoms with van der Waals surface area (Å²) < 4.78 is 6.87. The first-order valence-electron chi connectivity index (χ1n) is 7.56. The lowest BCUT2D eigenvalue weighted by molar-refractivity contribution is 0.459. The van der Waals surface area contributed by atoms with E-state index in [2.05, 4.69) is 26.1 Å².